The Morgan fingerprint density at radius 1 is 1.10 bits per heavy atom. The van der Waals surface area contributed by atoms with Gasteiger partial charge < -0.3 is 14.7 Å². The third kappa shape index (κ3) is 3.37. The number of benzene rings is 2. The maximum atomic E-state index is 13.6. The van der Waals surface area contributed by atoms with E-state index < -0.39 is 5.60 Å². The molecule has 0 bridgehead atoms. The normalized spacial score (nSPS) is 25.8. The monoisotopic (exact) mass is 416 g/mol. The third-order valence-electron chi connectivity index (χ3n) is 7.13. The lowest BCUT2D eigenvalue weighted by Gasteiger charge is -2.52. The van der Waals surface area contributed by atoms with Crippen molar-refractivity contribution < 1.29 is 14.6 Å². The van der Waals surface area contributed by atoms with Crippen molar-refractivity contribution in [2.45, 2.75) is 43.7 Å². The van der Waals surface area contributed by atoms with Gasteiger partial charge in [0.05, 0.1) is 18.2 Å². The van der Waals surface area contributed by atoms with Gasteiger partial charge in [0.2, 0.25) is 0 Å². The average molecular weight is 417 g/mol. The summed E-state index contributed by atoms with van der Waals surface area (Å²) in [7, 11) is 1.62. The van der Waals surface area contributed by atoms with Crippen molar-refractivity contribution in [3.05, 3.63) is 71.9 Å². The van der Waals surface area contributed by atoms with Crippen LogP contribution in [0.5, 0.6) is 5.75 Å². The van der Waals surface area contributed by atoms with E-state index in [-0.39, 0.29) is 17.9 Å². The minimum atomic E-state index is -0.891. The van der Waals surface area contributed by atoms with E-state index in [1.807, 2.05) is 59.5 Å². The average Bonchev–Trinajstić information content (AvgIpc) is 2.84. The summed E-state index contributed by atoms with van der Waals surface area (Å²) in [6, 6.07) is 19.4. The number of piperidine rings is 1. The van der Waals surface area contributed by atoms with Gasteiger partial charge in [-0.15, -0.1) is 0 Å². The molecule has 3 atom stereocenters. The molecule has 31 heavy (non-hydrogen) atoms. The highest BCUT2D eigenvalue weighted by atomic mass is 16.5. The first-order chi connectivity index (χ1) is 15.1. The van der Waals surface area contributed by atoms with Crippen LogP contribution >= 0.6 is 0 Å². The van der Waals surface area contributed by atoms with E-state index in [9.17, 15) is 9.90 Å². The van der Waals surface area contributed by atoms with Crippen LogP contribution in [-0.4, -0.2) is 40.6 Å². The fourth-order valence-electron chi connectivity index (χ4n) is 5.59. The highest BCUT2D eigenvalue weighted by Gasteiger charge is 2.50. The molecule has 5 rings (SSSR count). The third-order valence-corrected chi connectivity index (χ3v) is 7.13. The SMILES string of the molecule is COc1cc(C(=O)N2CCC(O)(c3ccccc3)C3CCCCC32)nc2ccccc12. The number of rotatable bonds is 3. The van der Waals surface area contributed by atoms with Crippen LogP contribution in [0.2, 0.25) is 0 Å². The fourth-order valence-corrected chi connectivity index (χ4v) is 5.59. The van der Waals surface area contributed by atoms with E-state index in [1.54, 1.807) is 13.2 Å². The maximum absolute atomic E-state index is 13.6. The van der Waals surface area contributed by atoms with Crippen molar-refractivity contribution in [1.29, 1.82) is 0 Å². The Morgan fingerprint density at radius 3 is 2.65 bits per heavy atom. The molecule has 1 saturated heterocycles. The fraction of sp³-hybridized carbons (Fsp3) is 0.385. The van der Waals surface area contributed by atoms with Gasteiger partial charge in [-0.25, -0.2) is 4.98 Å². The molecule has 1 amide bonds. The number of carbonyl (C=O) groups is 1. The number of methoxy groups -OCH3 is 1. The zero-order valence-electron chi connectivity index (χ0n) is 17.8. The first-order valence-corrected chi connectivity index (χ1v) is 11.1. The second-order valence-corrected chi connectivity index (χ2v) is 8.72. The van der Waals surface area contributed by atoms with Gasteiger partial charge >= 0.3 is 0 Å². The maximum Gasteiger partial charge on any atom is 0.272 e. The molecule has 0 radical (unpaired) electrons. The van der Waals surface area contributed by atoms with Crippen molar-refractivity contribution in [3.63, 3.8) is 0 Å². The number of para-hydroxylation sites is 1. The molecule has 3 unspecified atom stereocenters. The topological polar surface area (TPSA) is 62.7 Å². The quantitative estimate of drug-likeness (QED) is 0.681. The number of fused-ring (bicyclic) bond motifs is 2. The molecular formula is C26H28N2O3. The predicted molar refractivity (Wildman–Crippen MR) is 120 cm³/mol. The zero-order chi connectivity index (χ0) is 21.4. The highest BCUT2D eigenvalue weighted by Crippen LogP contribution is 2.47. The Labute approximate surface area is 182 Å². The van der Waals surface area contributed by atoms with E-state index in [4.69, 9.17) is 4.74 Å². The predicted octanol–water partition coefficient (Wildman–Crippen LogP) is 4.54. The van der Waals surface area contributed by atoms with Crippen molar-refractivity contribution in [3.8, 4) is 5.75 Å². The number of hydrogen-bond acceptors (Lipinski definition) is 4. The number of likely N-dealkylation sites (tertiary alicyclic amines) is 1. The summed E-state index contributed by atoms with van der Waals surface area (Å²) in [5.41, 5.74) is 1.23. The van der Waals surface area contributed by atoms with Crippen molar-refractivity contribution in [1.82, 2.24) is 9.88 Å². The first kappa shape index (κ1) is 20.0. The van der Waals surface area contributed by atoms with E-state index in [0.29, 0.717) is 24.4 Å². The smallest absolute Gasteiger partial charge is 0.272 e. The van der Waals surface area contributed by atoms with E-state index in [2.05, 4.69) is 4.98 Å². The van der Waals surface area contributed by atoms with Crippen LogP contribution < -0.4 is 4.74 Å². The second kappa shape index (κ2) is 7.97. The number of aliphatic hydroxyl groups is 1. The lowest BCUT2D eigenvalue weighted by atomic mass is 9.66. The summed E-state index contributed by atoms with van der Waals surface area (Å²) in [5.74, 6) is 0.617. The van der Waals surface area contributed by atoms with Gasteiger partial charge in [-0.05, 0) is 37.0 Å². The Bertz CT molecular complexity index is 1100. The van der Waals surface area contributed by atoms with Crippen LogP contribution in [0.25, 0.3) is 10.9 Å². The molecule has 2 heterocycles. The Morgan fingerprint density at radius 2 is 1.84 bits per heavy atom. The molecule has 160 valence electrons. The number of amides is 1. The summed E-state index contributed by atoms with van der Waals surface area (Å²) >= 11 is 0. The molecule has 1 aliphatic heterocycles. The van der Waals surface area contributed by atoms with E-state index >= 15 is 0 Å². The molecule has 2 fully saturated rings. The Balaban J connectivity index is 1.50. The number of nitrogens with zero attached hydrogens (tertiary/aromatic N) is 2. The summed E-state index contributed by atoms with van der Waals surface area (Å²) in [6.45, 7) is 0.516. The molecule has 1 N–H and O–H groups in total. The van der Waals surface area contributed by atoms with Gasteiger partial charge in [0.25, 0.3) is 5.91 Å². The van der Waals surface area contributed by atoms with Crippen LogP contribution in [0, 0.1) is 5.92 Å². The van der Waals surface area contributed by atoms with Crippen molar-refractivity contribution in [2.24, 2.45) is 5.92 Å². The van der Waals surface area contributed by atoms with Crippen LogP contribution in [0.15, 0.2) is 60.7 Å². The Hall–Kier alpha value is -2.92. The van der Waals surface area contributed by atoms with Crippen molar-refractivity contribution in [2.75, 3.05) is 13.7 Å². The van der Waals surface area contributed by atoms with Crippen LogP contribution in [0.1, 0.15) is 48.2 Å². The van der Waals surface area contributed by atoms with Gasteiger partial charge in [-0.2, -0.15) is 0 Å². The minimum absolute atomic E-state index is 0.0134. The molecule has 1 aliphatic carbocycles. The standard InChI is InChI=1S/C26H28N2O3/c1-31-24-17-22(27-21-13-7-5-11-19(21)24)25(29)28-16-15-26(30,18-9-3-2-4-10-18)20-12-6-8-14-23(20)28/h2-5,7,9-11,13,17,20,23,30H,6,8,12,14-16H2,1H3. The second-order valence-electron chi connectivity index (χ2n) is 8.72. The van der Waals surface area contributed by atoms with Gasteiger partial charge in [-0.1, -0.05) is 55.3 Å². The number of aromatic nitrogens is 1. The minimum Gasteiger partial charge on any atom is -0.496 e. The molecule has 1 saturated carbocycles. The van der Waals surface area contributed by atoms with Gasteiger partial charge in [0.1, 0.15) is 11.4 Å². The molecule has 0 spiro atoms. The number of carbonyl (C=O) groups excluding carboxylic acids is 1. The number of pyridine rings is 1. The van der Waals surface area contributed by atoms with Gasteiger partial charge in [0.15, 0.2) is 0 Å². The first-order valence-electron chi connectivity index (χ1n) is 11.1. The zero-order valence-corrected chi connectivity index (χ0v) is 17.8. The molecule has 2 aromatic carbocycles. The summed E-state index contributed by atoms with van der Waals surface area (Å²) in [6.07, 6.45) is 4.53. The number of hydrogen-bond donors (Lipinski definition) is 1. The highest BCUT2D eigenvalue weighted by molar-refractivity contribution is 5.97. The molecule has 1 aromatic heterocycles. The summed E-state index contributed by atoms with van der Waals surface area (Å²) < 4.78 is 5.55. The van der Waals surface area contributed by atoms with Crippen LogP contribution in [0.3, 0.4) is 0 Å². The lowest BCUT2D eigenvalue weighted by molar-refractivity contribution is -0.110. The van der Waals surface area contributed by atoms with Gasteiger partial charge in [-0.3, -0.25) is 4.79 Å². The van der Waals surface area contributed by atoms with E-state index in [1.165, 1.54) is 0 Å². The molecule has 3 aromatic rings. The Kier molecular flexibility index (Phi) is 5.14. The van der Waals surface area contributed by atoms with Crippen LogP contribution in [0.4, 0.5) is 0 Å². The molecule has 5 nitrogen and oxygen atoms in total. The van der Waals surface area contributed by atoms with Gasteiger partial charge in [0, 0.05) is 30.0 Å². The summed E-state index contributed by atoms with van der Waals surface area (Å²) in [4.78, 5) is 20.3. The largest absolute Gasteiger partial charge is 0.496 e. The van der Waals surface area contributed by atoms with E-state index in [0.717, 1.165) is 42.1 Å². The lowest BCUT2D eigenvalue weighted by Crippen LogP contribution is -2.59. The molecule has 5 heteroatoms. The molecule has 2 aliphatic rings. The molecular weight excluding hydrogens is 388 g/mol. The van der Waals surface area contributed by atoms with Crippen molar-refractivity contribution >= 4 is 16.8 Å². The summed E-state index contributed by atoms with van der Waals surface area (Å²) in [5, 5.41) is 12.7. The number of ether oxygens (including phenoxy) is 1. The van der Waals surface area contributed by atoms with Crippen LogP contribution in [-0.2, 0) is 5.60 Å².